The Bertz CT molecular complexity index is 330. The zero-order valence-corrected chi connectivity index (χ0v) is 11.4. The van der Waals surface area contributed by atoms with Crippen LogP contribution < -0.4 is 0 Å². The van der Waals surface area contributed by atoms with Crippen molar-refractivity contribution in [3.05, 3.63) is 35.5 Å². The van der Waals surface area contributed by atoms with Gasteiger partial charge in [0.15, 0.2) is 0 Å². The average molecular weight is 230 g/mol. The van der Waals surface area contributed by atoms with E-state index in [1.165, 1.54) is 44.9 Å². The minimum Gasteiger partial charge on any atom is -0.0882 e. The van der Waals surface area contributed by atoms with Gasteiger partial charge in [0, 0.05) is 0 Å². The van der Waals surface area contributed by atoms with E-state index in [0.717, 1.165) is 11.8 Å². The molecule has 2 unspecified atom stereocenters. The molecule has 0 fully saturated rings. The highest BCUT2D eigenvalue weighted by molar-refractivity contribution is 5.15. The maximum Gasteiger partial charge on any atom is -0.0134 e. The van der Waals surface area contributed by atoms with E-state index in [-0.39, 0.29) is 0 Å². The molecule has 0 heteroatoms. The molecule has 0 saturated carbocycles. The molecular weight excluding hydrogens is 204 g/mol. The summed E-state index contributed by atoms with van der Waals surface area (Å²) in [5.41, 5.74) is 3.31. The molecule has 0 heterocycles. The van der Waals surface area contributed by atoms with Crippen LogP contribution in [0, 0.1) is 11.8 Å². The molecule has 0 N–H and O–H groups in total. The average Bonchev–Trinajstić information content (AvgIpc) is 2.43. The predicted molar refractivity (Wildman–Crippen MR) is 76.0 cm³/mol. The summed E-state index contributed by atoms with van der Waals surface area (Å²) in [4.78, 5) is 0. The fourth-order valence-corrected chi connectivity index (χ4v) is 2.89. The quantitative estimate of drug-likeness (QED) is 0.527. The Morgan fingerprint density at radius 3 is 2.65 bits per heavy atom. The second-order valence-electron chi connectivity index (χ2n) is 5.89. The largest absolute Gasteiger partial charge is 0.0882 e. The molecule has 0 aromatic rings. The summed E-state index contributed by atoms with van der Waals surface area (Å²) in [5.74, 6) is 1.69. The van der Waals surface area contributed by atoms with E-state index in [0.29, 0.717) is 0 Å². The third-order valence-corrected chi connectivity index (χ3v) is 4.28. The fraction of sp³-hybridized carbons (Fsp3) is 0.647. The van der Waals surface area contributed by atoms with Crippen LogP contribution in [0.1, 0.15) is 58.8 Å². The van der Waals surface area contributed by atoms with Gasteiger partial charge in [-0.15, -0.1) is 0 Å². The van der Waals surface area contributed by atoms with Gasteiger partial charge in [-0.05, 0) is 63.7 Å². The van der Waals surface area contributed by atoms with E-state index in [2.05, 4.69) is 38.2 Å². The van der Waals surface area contributed by atoms with Gasteiger partial charge in [0.25, 0.3) is 0 Å². The molecule has 2 aliphatic carbocycles. The first-order chi connectivity index (χ1) is 8.25. The van der Waals surface area contributed by atoms with Crippen LogP contribution in [0.4, 0.5) is 0 Å². The molecule has 0 aliphatic heterocycles. The number of hydrogen-bond donors (Lipinski definition) is 0. The Balaban J connectivity index is 2.04. The van der Waals surface area contributed by atoms with Gasteiger partial charge < -0.3 is 0 Å². The second-order valence-corrected chi connectivity index (χ2v) is 5.89. The zero-order valence-electron chi connectivity index (χ0n) is 11.4. The third-order valence-electron chi connectivity index (χ3n) is 4.28. The highest BCUT2D eigenvalue weighted by Gasteiger charge is 2.17. The maximum absolute atomic E-state index is 2.54. The van der Waals surface area contributed by atoms with E-state index in [1.54, 1.807) is 11.1 Å². The van der Waals surface area contributed by atoms with Crippen LogP contribution in [-0.4, -0.2) is 0 Å². The van der Waals surface area contributed by atoms with Crippen LogP contribution in [0.15, 0.2) is 35.5 Å². The van der Waals surface area contributed by atoms with E-state index >= 15 is 0 Å². The van der Waals surface area contributed by atoms with E-state index < -0.39 is 0 Å². The Morgan fingerprint density at radius 1 is 1.00 bits per heavy atom. The van der Waals surface area contributed by atoms with Crippen molar-refractivity contribution in [2.45, 2.75) is 58.8 Å². The van der Waals surface area contributed by atoms with Crippen molar-refractivity contribution in [1.29, 1.82) is 0 Å². The topological polar surface area (TPSA) is 0 Å². The Hall–Kier alpha value is -0.780. The molecule has 94 valence electrons. The van der Waals surface area contributed by atoms with Crippen molar-refractivity contribution < 1.29 is 0 Å². The van der Waals surface area contributed by atoms with Crippen LogP contribution in [-0.2, 0) is 0 Å². The molecule has 17 heavy (non-hydrogen) atoms. The minimum absolute atomic E-state index is 0.784. The van der Waals surface area contributed by atoms with Crippen molar-refractivity contribution >= 4 is 0 Å². The predicted octanol–water partition coefficient (Wildman–Crippen LogP) is 5.43. The molecule has 0 nitrogen and oxygen atoms in total. The number of allylic oxidation sites excluding steroid dienone is 6. The Kier molecular flexibility index (Phi) is 4.65. The summed E-state index contributed by atoms with van der Waals surface area (Å²) >= 11 is 0. The third kappa shape index (κ3) is 3.87. The van der Waals surface area contributed by atoms with Crippen molar-refractivity contribution in [3.8, 4) is 0 Å². The van der Waals surface area contributed by atoms with E-state index in [9.17, 15) is 0 Å². The minimum atomic E-state index is 0.784. The van der Waals surface area contributed by atoms with Gasteiger partial charge in [0.2, 0.25) is 0 Å². The Morgan fingerprint density at radius 2 is 1.88 bits per heavy atom. The molecule has 0 amide bonds. The normalized spacial score (nSPS) is 30.9. The molecule has 0 aromatic heterocycles. The lowest BCUT2D eigenvalue weighted by molar-refractivity contribution is 0.473. The molecule has 2 rings (SSSR count). The zero-order chi connectivity index (χ0) is 12.1. The standard InChI is InChI=1S/C17H26/c1-14-6-4-3-5-7-16(11-8-14)17-12-9-15(2)10-13-17/h3,5,8,12,15-16H,4,6-7,9-11,13H2,1-2H3. The van der Waals surface area contributed by atoms with Gasteiger partial charge in [-0.25, -0.2) is 0 Å². The lowest BCUT2D eigenvalue weighted by Gasteiger charge is -2.24. The molecular formula is C17H26. The fourth-order valence-electron chi connectivity index (χ4n) is 2.89. The van der Waals surface area contributed by atoms with Crippen molar-refractivity contribution in [2.75, 3.05) is 0 Å². The van der Waals surface area contributed by atoms with Crippen LogP contribution in [0.5, 0.6) is 0 Å². The molecule has 2 atom stereocenters. The van der Waals surface area contributed by atoms with Gasteiger partial charge in [-0.3, -0.25) is 0 Å². The van der Waals surface area contributed by atoms with Crippen molar-refractivity contribution in [2.24, 2.45) is 11.8 Å². The molecule has 0 aromatic carbocycles. The Labute approximate surface area is 106 Å². The van der Waals surface area contributed by atoms with E-state index in [1.807, 2.05) is 0 Å². The van der Waals surface area contributed by atoms with Crippen LogP contribution in [0.25, 0.3) is 0 Å². The lowest BCUT2D eigenvalue weighted by atomic mass is 9.81. The number of rotatable bonds is 1. The highest BCUT2D eigenvalue weighted by atomic mass is 14.2. The summed E-state index contributed by atoms with van der Waals surface area (Å²) < 4.78 is 0. The summed E-state index contributed by atoms with van der Waals surface area (Å²) in [5, 5.41) is 0. The SMILES string of the molecule is CC1=CCC(C2=CCC(C)CC2)CC=CCC1. The van der Waals surface area contributed by atoms with Crippen LogP contribution >= 0.6 is 0 Å². The lowest BCUT2D eigenvalue weighted by Crippen LogP contribution is -2.09. The van der Waals surface area contributed by atoms with Crippen LogP contribution in [0.2, 0.25) is 0 Å². The van der Waals surface area contributed by atoms with Gasteiger partial charge in [0.05, 0.1) is 0 Å². The van der Waals surface area contributed by atoms with Gasteiger partial charge in [-0.2, -0.15) is 0 Å². The van der Waals surface area contributed by atoms with Gasteiger partial charge >= 0.3 is 0 Å². The smallest absolute Gasteiger partial charge is 0.0134 e. The van der Waals surface area contributed by atoms with Crippen LogP contribution in [0.3, 0.4) is 0 Å². The van der Waals surface area contributed by atoms with Gasteiger partial charge in [-0.1, -0.05) is 42.4 Å². The molecule has 0 radical (unpaired) electrons. The van der Waals surface area contributed by atoms with Gasteiger partial charge in [0.1, 0.15) is 0 Å². The summed E-state index contributed by atoms with van der Waals surface area (Å²) in [6.45, 7) is 4.66. The first kappa shape index (κ1) is 12.7. The highest BCUT2D eigenvalue weighted by Crippen LogP contribution is 2.32. The number of hydrogen-bond acceptors (Lipinski definition) is 0. The second kappa shape index (κ2) is 6.23. The monoisotopic (exact) mass is 230 g/mol. The molecule has 0 saturated heterocycles. The summed E-state index contributed by atoms with van der Waals surface area (Å²) in [7, 11) is 0. The van der Waals surface area contributed by atoms with Crippen molar-refractivity contribution in [3.63, 3.8) is 0 Å². The van der Waals surface area contributed by atoms with E-state index in [4.69, 9.17) is 0 Å². The first-order valence-electron chi connectivity index (χ1n) is 7.25. The summed E-state index contributed by atoms with van der Waals surface area (Å²) in [6.07, 6.45) is 18.8. The molecule has 0 spiro atoms. The van der Waals surface area contributed by atoms with Crippen molar-refractivity contribution in [1.82, 2.24) is 0 Å². The first-order valence-corrected chi connectivity index (χ1v) is 7.25. The molecule has 2 aliphatic rings. The maximum atomic E-state index is 2.54. The molecule has 0 bridgehead atoms. The summed E-state index contributed by atoms with van der Waals surface area (Å²) in [6, 6.07) is 0.